The molecule has 3 aromatic rings. The van der Waals surface area contributed by atoms with Crippen LogP contribution in [0.4, 0.5) is 5.69 Å². The van der Waals surface area contributed by atoms with E-state index in [9.17, 15) is 0 Å². The monoisotopic (exact) mass is 344 g/mol. The number of allylic oxidation sites excluding steroid dienone is 2. The van der Waals surface area contributed by atoms with Crippen molar-refractivity contribution in [3.8, 4) is 5.75 Å². The van der Waals surface area contributed by atoms with Gasteiger partial charge in [0.05, 0.1) is 5.52 Å². The summed E-state index contributed by atoms with van der Waals surface area (Å²) < 4.78 is 5.83. The van der Waals surface area contributed by atoms with Gasteiger partial charge in [0.2, 0.25) is 0 Å². The summed E-state index contributed by atoms with van der Waals surface area (Å²) in [7, 11) is 0. The SMILES string of the molecule is C/C=C\C(=C/C)COc1ccc(CNc2ccc3ncccc3c2)cc1. The molecular weight excluding hydrogens is 320 g/mol. The van der Waals surface area contributed by atoms with E-state index in [1.54, 1.807) is 0 Å². The quantitative estimate of drug-likeness (QED) is 0.554. The number of anilines is 1. The van der Waals surface area contributed by atoms with Gasteiger partial charge in [0.15, 0.2) is 0 Å². The smallest absolute Gasteiger partial charge is 0.119 e. The van der Waals surface area contributed by atoms with Gasteiger partial charge in [-0.15, -0.1) is 0 Å². The van der Waals surface area contributed by atoms with Gasteiger partial charge in [0.25, 0.3) is 0 Å². The maximum Gasteiger partial charge on any atom is 0.119 e. The van der Waals surface area contributed by atoms with Crippen molar-refractivity contribution in [2.75, 3.05) is 11.9 Å². The number of hydrogen-bond donors (Lipinski definition) is 1. The summed E-state index contributed by atoms with van der Waals surface area (Å²) in [6.45, 7) is 5.39. The van der Waals surface area contributed by atoms with Crippen LogP contribution in [-0.2, 0) is 6.54 Å². The lowest BCUT2D eigenvalue weighted by molar-refractivity contribution is 0.355. The summed E-state index contributed by atoms with van der Waals surface area (Å²) in [5.41, 5.74) is 4.49. The second-order valence-electron chi connectivity index (χ2n) is 6.06. The van der Waals surface area contributed by atoms with Crippen molar-refractivity contribution >= 4 is 16.6 Å². The van der Waals surface area contributed by atoms with Crippen LogP contribution in [0, 0.1) is 0 Å². The van der Waals surface area contributed by atoms with Crippen LogP contribution in [0.5, 0.6) is 5.75 Å². The van der Waals surface area contributed by atoms with Crippen molar-refractivity contribution in [3.05, 3.63) is 90.2 Å². The largest absolute Gasteiger partial charge is 0.489 e. The lowest BCUT2D eigenvalue weighted by Crippen LogP contribution is -2.01. The van der Waals surface area contributed by atoms with Gasteiger partial charge >= 0.3 is 0 Å². The first-order chi connectivity index (χ1) is 12.8. The van der Waals surface area contributed by atoms with E-state index >= 15 is 0 Å². The molecule has 0 aliphatic heterocycles. The zero-order valence-corrected chi connectivity index (χ0v) is 15.3. The maximum atomic E-state index is 5.83. The van der Waals surface area contributed by atoms with Gasteiger partial charge in [-0.2, -0.15) is 0 Å². The van der Waals surface area contributed by atoms with Gasteiger partial charge in [0, 0.05) is 23.8 Å². The van der Waals surface area contributed by atoms with Crippen molar-refractivity contribution in [1.29, 1.82) is 0 Å². The third-order valence-corrected chi connectivity index (χ3v) is 4.18. The van der Waals surface area contributed by atoms with Crippen LogP contribution < -0.4 is 10.1 Å². The van der Waals surface area contributed by atoms with E-state index in [-0.39, 0.29) is 0 Å². The minimum Gasteiger partial charge on any atom is -0.489 e. The summed E-state index contributed by atoms with van der Waals surface area (Å²) in [5.74, 6) is 0.884. The van der Waals surface area contributed by atoms with Crippen molar-refractivity contribution < 1.29 is 4.74 Å². The van der Waals surface area contributed by atoms with Crippen molar-refractivity contribution in [2.24, 2.45) is 0 Å². The summed E-state index contributed by atoms with van der Waals surface area (Å²) in [6, 6.07) is 18.5. The predicted octanol–water partition coefficient (Wildman–Crippen LogP) is 5.75. The second kappa shape index (κ2) is 8.86. The Kier molecular flexibility index (Phi) is 6.05. The van der Waals surface area contributed by atoms with Gasteiger partial charge in [-0.05, 0) is 61.4 Å². The fourth-order valence-corrected chi connectivity index (χ4v) is 2.70. The predicted molar refractivity (Wildman–Crippen MR) is 110 cm³/mol. The van der Waals surface area contributed by atoms with E-state index in [0.717, 1.165) is 28.9 Å². The normalized spacial score (nSPS) is 11.8. The molecule has 26 heavy (non-hydrogen) atoms. The summed E-state index contributed by atoms with van der Waals surface area (Å²) in [4.78, 5) is 4.35. The van der Waals surface area contributed by atoms with Crippen molar-refractivity contribution in [1.82, 2.24) is 4.98 Å². The zero-order valence-electron chi connectivity index (χ0n) is 15.3. The summed E-state index contributed by atoms with van der Waals surface area (Å²) >= 11 is 0. The highest BCUT2D eigenvalue weighted by atomic mass is 16.5. The molecule has 0 atom stereocenters. The summed E-state index contributed by atoms with van der Waals surface area (Å²) in [5, 5.41) is 4.60. The van der Waals surface area contributed by atoms with Crippen LogP contribution in [0.15, 0.2) is 84.6 Å². The number of rotatable bonds is 7. The lowest BCUT2D eigenvalue weighted by Gasteiger charge is -2.10. The third kappa shape index (κ3) is 4.73. The fraction of sp³-hybridized carbons (Fsp3) is 0.174. The van der Waals surface area contributed by atoms with E-state index in [2.05, 4.69) is 52.8 Å². The van der Waals surface area contributed by atoms with Gasteiger partial charge in [-0.1, -0.05) is 36.4 Å². The van der Waals surface area contributed by atoms with E-state index in [4.69, 9.17) is 4.74 Å². The number of benzene rings is 2. The van der Waals surface area contributed by atoms with Crippen LogP contribution in [0.3, 0.4) is 0 Å². The molecule has 0 radical (unpaired) electrons. The molecule has 1 N–H and O–H groups in total. The second-order valence-corrected chi connectivity index (χ2v) is 6.06. The Morgan fingerprint density at radius 2 is 1.92 bits per heavy atom. The number of pyridine rings is 1. The van der Waals surface area contributed by atoms with Gasteiger partial charge in [-0.25, -0.2) is 0 Å². The van der Waals surface area contributed by atoms with Crippen molar-refractivity contribution in [2.45, 2.75) is 20.4 Å². The highest BCUT2D eigenvalue weighted by Gasteiger charge is 2.00. The molecule has 1 aromatic heterocycles. The van der Waals surface area contributed by atoms with Gasteiger partial charge in [-0.3, -0.25) is 4.98 Å². The molecule has 0 aliphatic carbocycles. The zero-order chi connectivity index (χ0) is 18.2. The van der Waals surface area contributed by atoms with E-state index in [0.29, 0.717) is 6.61 Å². The van der Waals surface area contributed by atoms with Crippen LogP contribution in [0.2, 0.25) is 0 Å². The molecule has 0 unspecified atom stereocenters. The molecule has 1 heterocycles. The number of nitrogens with zero attached hydrogens (tertiary/aromatic N) is 1. The molecule has 3 rings (SSSR count). The number of hydrogen-bond acceptors (Lipinski definition) is 3. The molecule has 0 saturated heterocycles. The Morgan fingerprint density at radius 3 is 2.69 bits per heavy atom. The Morgan fingerprint density at radius 1 is 1.08 bits per heavy atom. The lowest BCUT2D eigenvalue weighted by atomic mass is 10.2. The first-order valence-electron chi connectivity index (χ1n) is 8.87. The molecule has 3 heteroatoms. The van der Waals surface area contributed by atoms with Crippen LogP contribution in [-0.4, -0.2) is 11.6 Å². The fourth-order valence-electron chi connectivity index (χ4n) is 2.70. The molecule has 132 valence electrons. The molecule has 0 aliphatic rings. The first-order valence-corrected chi connectivity index (χ1v) is 8.87. The molecule has 0 bridgehead atoms. The number of ether oxygens (including phenoxy) is 1. The number of aromatic nitrogens is 1. The molecule has 2 aromatic carbocycles. The van der Waals surface area contributed by atoms with Crippen LogP contribution >= 0.6 is 0 Å². The topological polar surface area (TPSA) is 34.1 Å². The standard InChI is InChI=1S/C23H24N2O/c1-3-6-18(4-2)17-26-22-11-8-19(9-12-22)16-25-21-10-13-23-20(15-21)7-5-14-24-23/h3-15,25H,16-17H2,1-2H3/b6-3-,18-4+. The van der Waals surface area contributed by atoms with Crippen LogP contribution in [0.1, 0.15) is 19.4 Å². The third-order valence-electron chi connectivity index (χ3n) is 4.18. The van der Waals surface area contributed by atoms with Gasteiger partial charge in [0.1, 0.15) is 12.4 Å². The molecule has 0 saturated carbocycles. The molecule has 0 amide bonds. The highest BCUT2D eigenvalue weighted by molar-refractivity contribution is 5.82. The van der Waals surface area contributed by atoms with Crippen molar-refractivity contribution in [3.63, 3.8) is 0 Å². The Hall–Kier alpha value is -3.07. The highest BCUT2D eigenvalue weighted by Crippen LogP contribution is 2.19. The Labute approximate surface area is 155 Å². The maximum absolute atomic E-state index is 5.83. The molecular formula is C23H24N2O. The Bertz CT molecular complexity index is 911. The molecule has 3 nitrogen and oxygen atoms in total. The van der Waals surface area contributed by atoms with Gasteiger partial charge < -0.3 is 10.1 Å². The summed E-state index contributed by atoms with van der Waals surface area (Å²) in [6.07, 6.45) is 7.97. The molecule has 0 fully saturated rings. The number of fused-ring (bicyclic) bond motifs is 1. The number of nitrogens with one attached hydrogen (secondary N) is 1. The van der Waals surface area contributed by atoms with E-state index in [1.807, 2.05) is 50.4 Å². The van der Waals surface area contributed by atoms with E-state index < -0.39 is 0 Å². The minimum atomic E-state index is 0.587. The molecule has 0 spiro atoms. The minimum absolute atomic E-state index is 0.587. The Balaban J connectivity index is 1.56. The average Bonchev–Trinajstić information content (AvgIpc) is 2.70. The van der Waals surface area contributed by atoms with E-state index in [1.165, 1.54) is 11.1 Å². The van der Waals surface area contributed by atoms with Crippen LogP contribution in [0.25, 0.3) is 10.9 Å². The first kappa shape index (κ1) is 17.7. The average molecular weight is 344 g/mol.